The molecule has 0 aliphatic carbocycles. The third-order valence-electron chi connectivity index (χ3n) is 3.41. The maximum Gasteiger partial charge on any atom is 0.169 e. The van der Waals surface area contributed by atoms with Crippen molar-refractivity contribution in [2.24, 2.45) is 5.10 Å². The highest BCUT2D eigenvalue weighted by molar-refractivity contribution is 5.85. The van der Waals surface area contributed by atoms with Crippen LogP contribution in [0.4, 0.5) is 5.82 Å². The van der Waals surface area contributed by atoms with E-state index in [1.54, 1.807) is 20.4 Å². The molecule has 1 N–H and O–H groups in total. The Labute approximate surface area is 134 Å². The molecule has 2 aromatic carbocycles. The van der Waals surface area contributed by atoms with Crippen molar-refractivity contribution < 1.29 is 9.47 Å². The topological polar surface area (TPSA) is 55.7 Å². The number of ether oxygens (including phenoxy) is 2. The fourth-order valence-corrected chi connectivity index (χ4v) is 2.31. The highest BCUT2D eigenvalue weighted by Crippen LogP contribution is 2.29. The maximum atomic E-state index is 5.37. The third-order valence-corrected chi connectivity index (χ3v) is 3.41. The van der Waals surface area contributed by atoms with Crippen molar-refractivity contribution in [3.63, 3.8) is 0 Å². The Balaban J connectivity index is 1.80. The van der Waals surface area contributed by atoms with Crippen LogP contribution in [0.5, 0.6) is 11.5 Å². The normalized spacial score (nSPS) is 10.9. The summed E-state index contributed by atoms with van der Waals surface area (Å²) in [6.45, 7) is 0. The monoisotopic (exact) mass is 307 g/mol. The Morgan fingerprint density at radius 1 is 0.957 bits per heavy atom. The van der Waals surface area contributed by atoms with Gasteiger partial charge in [-0.25, -0.2) is 4.98 Å². The molecule has 0 bridgehead atoms. The van der Waals surface area contributed by atoms with Crippen LogP contribution in [0.3, 0.4) is 0 Å². The molecule has 0 fully saturated rings. The number of anilines is 1. The summed E-state index contributed by atoms with van der Waals surface area (Å²) in [6, 6.07) is 17.5. The highest BCUT2D eigenvalue weighted by Gasteiger charge is 2.07. The van der Waals surface area contributed by atoms with E-state index in [0.29, 0.717) is 17.3 Å². The zero-order chi connectivity index (χ0) is 16.1. The average molecular weight is 307 g/mol. The zero-order valence-corrected chi connectivity index (χ0v) is 13.0. The Morgan fingerprint density at radius 2 is 1.83 bits per heavy atom. The lowest BCUT2D eigenvalue weighted by molar-refractivity contribution is 0.354. The SMILES string of the molecule is COc1cccc(/C=N\Nc2ccc3ccccc3n2)c1OC. The minimum absolute atomic E-state index is 0.645. The molecule has 5 nitrogen and oxygen atoms in total. The molecule has 3 rings (SSSR count). The minimum atomic E-state index is 0.645. The number of pyridine rings is 1. The number of fused-ring (bicyclic) bond motifs is 1. The molecule has 0 radical (unpaired) electrons. The van der Waals surface area contributed by atoms with Gasteiger partial charge in [0.05, 0.1) is 26.0 Å². The van der Waals surface area contributed by atoms with Crippen molar-refractivity contribution in [2.45, 2.75) is 0 Å². The summed E-state index contributed by atoms with van der Waals surface area (Å²) in [5, 5.41) is 5.32. The van der Waals surface area contributed by atoms with Gasteiger partial charge in [0.1, 0.15) is 5.82 Å². The molecule has 1 aromatic heterocycles. The van der Waals surface area contributed by atoms with Crippen molar-refractivity contribution in [3.8, 4) is 11.5 Å². The molecule has 5 heteroatoms. The van der Waals surface area contributed by atoms with Gasteiger partial charge in [0.25, 0.3) is 0 Å². The second kappa shape index (κ2) is 6.79. The summed E-state index contributed by atoms with van der Waals surface area (Å²) in [7, 11) is 3.21. The minimum Gasteiger partial charge on any atom is -0.493 e. The molecule has 3 aromatic rings. The molecular formula is C18H17N3O2. The Kier molecular flexibility index (Phi) is 4.38. The third kappa shape index (κ3) is 3.23. The van der Waals surface area contributed by atoms with E-state index in [2.05, 4.69) is 15.5 Å². The number of nitrogens with zero attached hydrogens (tertiary/aromatic N) is 2. The van der Waals surface area contributed by atoms with Crippen LogP contribution in [0, 0.1) is 0 Å². The van der Waals surface area contributed by atoms with Gasteiger partial charge in [-0.1, -0.05) is 24.3 Å². The lowest BCUT2D eigenvalue weighted by atomic mass is 10.2. The van der Waals surface area contributed by atoms with Gasteiger partial charge in [-0.3, -0.25) is 5.43 Å². The first-order valence-corrected chi connectivity index (χ1v) is 7.17. The molecule has 0 aliphatic rings. The first-order chi connectivity index (χ1) is 11.3. The van der Waals surface area contributed by atoms with Crippen LogP contribution < -0.4 is 14.9 Å². The quantitative estimate of drug-likeness (QED) is 0.577. The second-order valence-electron chi connectivity index (χ2n) is 4.84. The zero-order valence-electron chi connectivity index (χ0n) is 13.0. The summed E-state index contributed by atoms with van der Waals surface area (Å²) in [5.41, 5.74) is 4.68. The molecule has 0 unspecified atom stereocenters. The second-order valence-corrected chi connectivity index (χ2v) is 4.84. The summed E-state index contributed by atoms with van der Waals surface area (Å²) in [4.78, 5) is 4.50. The Hall–Kier alpha value is -3.08. The molecule has 1 heterocycles. The summed E-state index contributed by atoms with van der Waals surface area (Å²) in [6.07, 6.45) is 1.68. The number of aromatic nitrogens is 1. The predicted octanol–water partition coefficient (Wildman–Crippen LogP) is 3.70. The van der Waals surface area contributed by atoms with Crippen molar-refractivity contribution in [1.29, 1.82) is 0 Å². The van der Waals surface area contributed by atoms with Crippen LogP contribution in [0.25, 0.3) is 10.9 Å². The lowest BCUT2D eigenvalue weighted by Crippen LogP contribution is -1.97. The number of para-hydroxylation sites is 2. The lowest BCUT2D eigenvalue weighted by Gasteiger charge is -2.09. The first-order valence-electron chi connectivity index (χ1n) is 7.17. The molecular weight excluding hydrogens is 290 g/mol. The fraction of sp³-hybridized carbons (Fsp3) is 0.111. The van der Waals surface area contributed by atoms with Crippen LogP contribution in [0.15, 0.2) is 59.7 Å². The van der Waals surface area contributed by atoms with Gasteiger partial charge in [0.15, 0.2) is 11.5 Å². The molecule has 0 saturated heterocycles. The van der Waals surface area contributed by atoms with E-state index >= 15 is 0 Å². The van der Waals surface area contributed by atoms with Crippen LogP contribution >= 0.6 is 0 Å². The standard InChI is InChI=1S/C18H17N3O2/c1-22-16-9-5-7-14(18(16)23-2)12-19-21-17-11-10-13-6-3-4-8-15(13)20-17/h3-12H,1-2H3,(H,20,21)/b19-12-. The summed E-state index contributed by atoms with van der Waals surface area (Å²) in [5.74, 6) is 1.99. The van der Waals surface area contributed by atoms with E-state index in [4.69, 9.17) is 9.47 Å². The van der Waals surface area contributed by atoms with Gasteiger partial charge in [0, 0.05) is 10.9 Å². The first kappa shape index (κ1) is 14.8. The van der Waals surface area contributed by atoms with Crippen LogP contribution in [0.1, 0.15) is 5.56 Å². The Morgan fingerprint density at radius 3 is 2.65 bits per heavy atom. The van der Waals surface area contributed by atoms with Gasteiger partial charge < -0.3 is 9.47 Å². The van der Waals surface area contributed by atoms with E-state index in [0.717, 1.165) is 16.5 Å². The Bertz CT molecular complexity index is 847. The van der Waals surface area contributed by atoms with E-state index in [-0.39, 0.29) is 0 Å². The molecule has 0 saturated carbocycles. The maximum absolute atomic E-state index is 5.37. The average Bonchev–Trinajstić information content (AvgIpc) is 2.61. The molecule has 0 aliphatic heterocycles. The van der Waals surface area contributed by atoms with Crippen LogP contribution in [-0.2, 0) is 0 Å². The van der Waals surface area contributed by atoms with E-state index in [1.807, 2.05) is 54.6 Å². The van der Waals surface area contributed by atoms with Crippen LogP contribution in [-0.4, -0.2) is 25.4 Å². The largest absolute Gasteiger partial charge is 0.493 e. The van der Waals surface area contributed by atoms with Gasteiger partial charge in [0.2, 0.25) is 0 Å². The molecule has 116 valence electrons. The van der Waals surface area contributed by atoms with Gasteiger partial charge in [-0.2, -0.15) is 5.10 Å². The molecule has 0 spiro atoms. The summed E-state index contributed by atoms with van der Waals surface area (Å²) < 4.78 is 10.6. The molecule has 23 heavy (non-hydrogen) atoms. The number of hydrazone groups is 1. The number of benzene rings is 2. The number of rotatable bonds is 5. The highest BCUT2D eigenvalue weighted by atomic mass is 16.5. The predicted molar refractivity (Wildman–Crippen MR) is 92.5 cm³/mol. The van der Waals surface area contributed by atoms with E-state index in [1.165, 1.54) is 0 Å². The number of nitrogens with one attached hydrogen (secondary N) is 1. The van der Waals surface area contributed by atoms with Crippen molar-refractivity contribution in [2.75, 3.05) is 19.6 Å². The van der Waals surface area contributed by atoms with Crippen LogP contribution in [0.2, 0.25) is 0 Å². The number of methoxy groups -OCH3 is 2. The number of hydrogen-bond acceptors (Lipinski definition) is 5. The molecule has 0 atom stereocenters. The van der Waals surface area contributed by atoms with Gasteiger partial charge in [-0.05, 0) is 30.3 Å². The molecule has 0 amide bonds. The van der Waals surface area contributed by atoms with Gasteiger partial charge in [-0.15, -0.1) is 0 Å². The van der Waals surface area contributed by atoms with Gasteiger partial charge >= 0.3 is 0 Å². The van der Waals surface area contributed by atoms with E-state index < -0.39 is 0 Å². The fourth-order valence-electron chi connectivity index (χ4n) is 2.31. The summed E-state index contributed by atoms with van der Waals surface area (Å²) >= 11 is 0. The van der Waals surface area contributed by atoms with Crippen molar-refractivity contribution in [1.82, 2.24) is 4.98 Å². The number of hydrogen-bond donors (Lipinski definition) is 1. The van der Waals surface area contributed by atoms with Crippen molar-refractivity contribution in [3.05, 3.63) is 60.2 Å². The van der Waals surface area contributed by atoms with Crippen molar-refractivity contribution >= 4 is 22.9 Å². The smallest absolute Gasteiger partial charge is 0.169 e. The van der Waals surface area contributed by atoms with E-state index in [9.17, 15) is 0 Å².